The van der Waals surface area contributed by atoms with Crippen molar-refractivity contribution in [3.63, 3.8) is 0 Å². The zero-order chi connectivity index (χ0) is 20.5. The van der Waals surface area contributed by atoms with Crippen molar-refractivity contribution in [3.05, 3.63) is 121 Å². The molecule has 0 unspecified atom stereocenters. The molecule has 4 aromatic carbocycles. The molecular weight excluding hydrogens is 398 g/mol. The molecule has 0 aliphatic heterocycles. The van der Waals surface area contributed by atoms with Crippen molar-refractivity contribution in [2.24, 2.45) is 0 Å². The van der Waals surface area contributed by atoms with E-state index in [9.17, 15) is 0 Å². The average Bonchev–Trinajstić information content (AvgIpc) is 2.77. The molecule has 0 bridgehead atoms. The second kappa shape index (κ2) is 10.4. The largest absolute Gasteiger partial charge is 1.00 e. The van der Waals surface area contributed by atoms with Crippen LogP contribution in [0.3, 0.4) is 0 Å². The van der Waals surface area contributed by atoms with Crippen molar-refractivity contribution in [3.8, 4) is 0 Å². The Hall–Kier alpha value is -2.38. The van der Waals surface area contributed by atoms with Gasteiger partial charge in [0.25, 0.3) is 0 Å². The Morgan fingerprint density at radius 1 is 0.414 bits per heavy atom. The van der Waals surface area contributed by atoms with Gasteiger partial charge in [0, 0.05) is 0 Å². The van der Waals surface area contributed by atoms with Crippen LogP contribution in [-0.4, -0.2) is 0 Å². The summed E-state index contributed by atoms with van der Waals surface area (Å²) in [5.74, 6) is 0. The van der Waals surface area contributed by atoms with E-state index in [1.807, 2.05) is 0 Å². The van der Waals surface area contributed by atoms with Crippen LogP contribution >= 0.6 is 15.9 Å². The summed E-state index contributed by atoms with van der Waals surface area (Å²) in [5, 5.41) is 5.55. The van der Waals surface area contributed by atoms with Gasteiger partial charge in [-0.25, -0.2) is 0 Å². The van der Waals surface area contributed by atoms with Gasteiger partial charge < -0.3 is 23.3 Å². The highest BCUT2D eigenvalue weighted by molar-refractivity contribution is 8.01. The molecule has 0 saturated carbocycles. The third kappa shape index (κ3) is 4.97. The van der Waals surface area contributed by atoms with Gasteiger partial charge in [0.15, 0.2) is 0 Å². The molecule has 0 fully saturated rings. The Kier molecular flexibility index (Phi) is 7.66. The van der Waals surface area contributed by atoms with Gasteiger partial charge in [-0.3, -0.25) is 0 Å². The van der Waals surface area contributed by atoms with Crippen LogP contribution in [0.1, 0.15) is 2.85 Å². The van der Waals surface area contributed by atoms with Gasteiger partial charge in [-0.2, -0.15) is 0 Å². The third-order valence-electron chi connectivity index (χ3n) is 4.57. The van der Waals surface area contributed by atoms with Crippen molar-refractivity contribution in [1.82, 2.24) is 0 Å². The Morgan fingerprint density at radius 2 is 0.586 bits per heavy atom. The van der Waals surface area contributed by atoms with Gasteiger partial charge >= 0.3 is 2.85 Å². The molecule has 0 radical (unpaired) electrons. The first-order valence-corrected chi connectivity index (χ1v) is 12.0. The summed E-state index contributed by atoms with van der Waals surface area (Å²) in [6, 6.07) is 43.8. The monoisotopic (exact) mass is 420 g/mol. The molecular formula is C24H22O3P2. The Bertz CT molecular complexity index is 824. The van der Waals surface area contributed by atoms with Crippen LogP contribution in [0.25, 0.3) is 0 Å². The number of hydrogen-bond donors (Lipinski definition) is 0. The second-order valence-electron chi connectivity index (χ2n) is 6.24. The zero-order valence-corrected chi connectivity index (χ0v) is 17.5. The zero-order valence-electron chi connectivity index (χ0n) is 17.7. The molecule has 4 aromatic rings. The molecule has 5 heteroatoms. The normalized spacial score (nSPS) is 10.9. The van der Waals surface area contributed by atoms with Crippen molar-refractivity contribution in [2.75, 3.05) is 0 Å². The van der Waals surface area contributed by atoms with Crippen LogP contribution in [0.15, 0.2) is 121 Å². The SMILES string of the molecule is [H+].[H+].[O-]P([O-])[O-].c1ccc([P+](c2ccccc2)(c2ccccc2)c2ccccc2)cc1. The van der Waals surface area contributed by atoms with Crippen LogP contribution < -0.4 is 35.9 Å². The van der Waals surface area contributed by atoms with Crippen LogP contribution in [0, 0.1) is 0 Å². The van der Waals surface area contributed by atoms with Crippen LogP contribution in [0.4, 0.5) is 0 Å². The maximum absolute atomic E-state index is 8.48. The van der Waals surface area contributed by atoms with E-state index in [0.29, 0.717) is 0 Å². The smallest absolute Gasteiger partial charge is 0.854 e. The van der Waals surface area contributed by atoms with Crippen LogP contribution in [0.5, 0.6) is 0 Å². The lowest BCUT2D eigenvalue weighted by Crippen LogP contribution is -2.38. The second-order valence-corrected chi connectivity index (χ2v) is 10.1. The van der Waals surface area contributed by atoms with E-state index in [2.05, 4.69) is 121 Å². The summed E-state index contributed by atoms with van der Waals surface area (Å²) in [7, 11) is -5.28. The fraction of sp³-hybridized carbons (Fsp3) is 0. The molecule has 0 aromatic heterocycles. The highest BCUT2D eigenvalue weighted by atomic mass is 31.2. The molecule has 0 heterocycles. The van der Waals surface area contributed by atoms with E-state index in [1.54, 1.807) is 0 Å². The quantitative estimate of drug-likeness (QED) is 0.473. The van der Waals surface area contributed by atoms with Crippen LogP contribution in [-0.2, 0) is 0 Å². The average molecular weight is 420 g/mol. The summed E-state index contributed by atoms with van der Waals surface area (Å²) in [6.07, 6.45) is 0. The summed E-state index contributed by atoms with van der Waals surface area (Å²) < 4.78 is 0. The minimum absolute atomic E-state index is 0. The summed E-state index contributed by atoms with van der Waals surface area (Å²) in [6.45, 7) is 0. The molecule has 0 amide bonds. The Morgan fingerprint density at radius 3 is 0.759 bits per heavy atom. The molecule has 4 rings (SSSR count). The first-order chi connectivity index (χ1) is 14.2. The first kappa shape index (κ1) is 21.3. The van der Waals surface area contributed by atoms with Gasteiger partial charge in [-0.15, -0.1) is 0 Å². The van der Waals surface area contributed by atoms with E-state index in [1.165, 1.54) is 21.2 Å². The van der Waals surface area contributed by atoms with Gasteiger partial charge in [0.1, 0.15) is 28.5 Å². The molecule has 0 aliphatic carbocycles. The van der Waals surface area contributed by atoms with E-state index >= 15 is 0 Å². The number of benzene rings is 4. The molecule has 0 spiro atoms. The van der Waals surface area contributed by atoms with E-state index in [-0.39, 0.29) is 2.85 Å². The molecule has 29 heavy (non-hydrogen) atoms. The van der Waals surface area contributed by atoms with E-state index in [0.717, 1.165) is 0 Å². The third-order valence-corrected chi connectivity index (χ3v) is 8.86. The lowest BCUT2D eigenvalue weighted by molar-refractivity contribution is -0.407. The lowest BCUT2D eigenvalue weighted by Gasteiger charge is -2.39. The fourth-order valence-electron chi connectivity index (χ4n) is 3.50. The predicted octanol–water partition coefficient (Wildman–Crippen LogP) is 1.83. The summed E-state index contributed by atoms with van der Waals surface area (Å²) >= 11 is 0. The maximum Gasteiger partial charge on any atom is 1.00 e. The molecule has 0 N–H and O–H groups in total. The van der Waals surface area contributed by atoms with Crippen molar-refractivity contribution < 1.29 is 17.5 Å². The number of hydrogen-bond acceptors (Lipinski definition) is 3. The maximum atomic E-state index is 8.48. The van der Waals surface area contributed by atoms with E-state index in [4.69, 9.17) is 14.7 Å². The molecule has 3 nitrogen and oxygen atoms in total. The van der Waals surface area contributed by atoms with E-state index < -0.39 is 15.9 Å². The van der Waals surface area contributed by atoms with Gasteiger partial charge in [0.05, 0.1) is 0 Å². The summed E-state index contributed by atoms with van der Waals surface area (Å²) in [4.78, 5) is 25.4. The fourth-order valence-corrected chi connectivity index (χ4v) is 7.77. The van der Waals surface area contributed by atoms with Crippen molar-refractivity contribution in [2.45, 2.75) is 0 Å². The minimum Gasteiger partial charge on any atom is -0.854 e. The van der Waals surface area contributed by atoms with Gasteiger partial charge in [0.2, 0.25) is 0 Å². The van der Waals surface area contributed by atoms with Crippen molar-refractivity contribution >= 4 is 37.1 Å². The molecule has 146 valence electrons. The topological polar surface area (TPSA) is 69.2 Å². The first-order valence-electron chi connectivity index (χ1n) is 9.08. The van der Waals surface area contributed by atoms with Crippen LogP contribution in [0.2, 0.25) is 0 Å². The lowest BCUT2D eigenvalue weighted by atomic mass is 10.3. The molecule has 0 aliphatic rings. The highest BCUT2D eigenvalue weighted by Crippen LogP contribution is 2.53. The Balaban J connectivity index is 0.000000741. The van der Waals surface area contributed by atoms with Crippen molar-refractivity contribution in [1.29, 1.82) is 0 Å². The molecule has 0 saturated heterocycles. The minimum atomic E-state index is -3.37. The Labute approximate surface area is 176 Å². The molecule has 0 atom stereocenters. The summed E-state index contributed by atoms with van der Waals surface area (Å²) in [5.41, 5.74) is 0. The standard InChI is InChI=1S/C24H20P.O3P/c1-5-13-21(14-6-1)25(22-15-7-2-8-16-22,23-17-9-3-10-18-23)24-19-11-4-12-20-24;1-4(2)3/h1-20H;/q+1;-3/p+2. The van der Waals surface area contributed by atoms with Gasteiger partial charge in [-0.05, 0) is 48.5 Å². The highest BCUT2D eigenvalue weighted by Gasteiger charge is 2.47. The number of rotatable bonds is 4. The van der Waals surface area contributed by atoms with Gasteiger partial charge in [-0.1, -0.05) is 72.8 Å². The predicted molar refractivity (Wildman–Crippen MR) is 120 cm³/mol.